The number of carbonyl (C=O) groups is 1. The summed E-state index contributed by atoms with van der Waals surface area (Å²) in [5.74, 6) is -0.137. The molecule has 4 aromatic rings. The first-order valence-corrected chi connectivity index (χ1v) is 11.3. The molecule has 0 spiro atoms. The number of anilines is 1. The maximum absolute atomic E-state index is 12.8. The van der Waals surface area contributed by atoms with E-state index in [1.807, 2.05) is 36.4 Å². The number of nitrogens with zero attached hydrogens (tertiary/aromatic N) is 2. The summed E-state index contributed by atoms with van der Waals surface area (Å²) < 4.78 is 29.6. The Morgan fingerprint density at radius 3 is 2.58 bits per heavy atom. The average Bonchev–Trinajstić information content (AvgIpc) is 3.07. The van der Waals surface area contributed by atoms with Crippen LogP contribution in [0.2, 0.25) is 5.02 Å². The zero-order valence-electron chi connectivity index (χ0n) is 16.5. The molecule has 4 rings (SSSR count). The molecule has 158 valence electrons. The standard InChI is InChI=1S/C22H19ClN4O3S/c1-27-20-11-10-17(23)13-19(20)25-22(27)26-21(28)16-8-5-9-18(12-16)31(29,30)24-14-15-6-3-2-4-7-15/h2-13,24H,14H2,1H3,(H,25,26,28). The molecule has 1 aromatic heterocycles. The van der Waals surface area contributed by atoms with Crippen LogP contribution in [0.15, 0.2) is 77.7 Å². The van der Waals surface area contributed by atoms with Crippen molar-refractivity contribution < 1.29 is 13.2 Å². The normalized spacial score (nSPS) is 11.5. The topological polar surface area (TPSA) is 93.1 Å². The van der Waals surface area contributed by atoms with Gasteiger partial charge >= 0.3 is 0 Å². The Labute approximate surface area is 184 Å². The van der Waals surface area contributed by atoms with Gasteiger partial charge in [0.2, 0.25) is 16.0 Å². The van der Waals surface area contributed by atoms with Gasteiger partial charge in [0.15, 0.2) is 0 Å². The Morgan fingerprint density at radius 1 is 1.03 bits per heavy atom. The molecule has 0 bridgehead atoms. The number of amides is 1. The van der Waals surface area contributed by atoms with Gasteiger partial charge in [-0.05, 0) is 42.0 Å². The second-order valence-corrected chi connectivity index (χ2v) is 9.12. The lowest BCUT2D eigenvalue weighted by Crippen LogP contribution is -2.24. The van der Waals surface area contributed by atoms with E-state index in [4.69, 9.17) is 11.6 Å². The number of rotatable bonds is 6. The third-order valence-electron chi connectivity index (χ3n) is 4.78. The summed E-state index contributed by atoms with van der Waals surface area (Å²) in [4.78, 5) is 17.2. The number of aryl methyl sites for hydroxylation is 1. The van der Waals surface area contributed by atoms with Gasteiger partial charge in [0.1, 0.15) is 0 Å². The molecule has 31 heavy (non-hydrogen) atoms. The van der Waals surface area contributed by atoms with Crippen LogP contribution in [0.5, 0.6) is 0 Å². The fourth-order valence-corrected chi connectivity index (χ4v) is 4.35. The molecule has 0 atom stereocenters. The Morgan fingerprint density at radius 2 is 1.81 bits per heavy atom. The molecule has 0 unspecified atom stereocenters. The Kier molecular flexibility index (Phi) is 5.77. The zero-order chi connectivity index (χ0) is 22.0. The highest BCUT2D eigenvalue weighted by Crippen LogP contribution is 2.22. The molecule has 0 aliphatic carbocycles. The maximum Gasteiger partial charge on any atom is 0.258 e. The lowest BCUT2D eigenvalue weighted by atomic mass is 10.2. The van der Waals surface area contributed by atoms with Gasteiger partial charge < -0.3 is 4.57 Å². The van der Waals surface area contributed by atoms with E-state index in [2.05, 4.69) is 15.0 Å². The molecule has 3 aromatic carbocycles. The van der Waals surface area contributed by atoms with Crippen molar-refractivity contribution >= 4 is 44.5 Å². The first kappa shape index (κ1) is 21.0. The van der Waals surface area contributed by atoms with Crippen LogP contribution >= 0.6 is 11.6 Å². The average molecular weight is 455 g/mol. The van der Waals surface area contributed by atoms with Gasteiger partial charge in [-0.3, -0.25) is 10.1 Å². The summed E-state index contributed by atoms with van der Waals surface area (Å²) in [5, 5.41) is 3.27. The van der Waals surface area contributed by atoms with Gasteiger partial charge in [-0.15, -0.1) is 0 Å². The third kappa shape index (κ3) is 4.61. The summed E-state index contributed by atoms with van der Waals surface area (Å²) >= 11 is 6.01. The van der Waals surface area contributed by atoms with Crippen LogP contribution in [0.1, 0.15) is 15.9 Å². The van der Waals surface area contributed by atoms with Crippen LogP contribution < -0.4 is 10.0 Å². The minimum absolute atomic E-state index is 0.00728. The molecule has 2 N–H and O–H groups in total. The lowest BCUT2D eigenvalue weighted by molar-refractivity contribution is 0.102. The molecule has 0 aliphatic heterocycles. The summed E-state index contributed by atoms with van der Waals surface area (Å²) in [6, 6.07) is 20.3. The summed E-state index contributed by atoms with van der Waals surface area (Å²) in [7, 11) is -2.02. The van der Waals surface area contributed by atoms with Crippen LogP contribution in [0.4, 0.5) is 5.95 Å². The Bertz CT molecular complexity index is 1370. The summed E-state index contributed by atoms with van der Waals surface area (Å²) in [5.41, 5.74) is 2.49. The highest BCUT2D eigenvalue weighted by Gasteiger charge is 2.18. The molecule has 9 heteroatoms. The predicted molar refractivity (Wildman–Crippen MR) is 121 cm³/mol. The number of hydrogen-bond acceptors (Lipinski definition) is 4. The van der Waals surface area contributed by atoms with E-state index in [1.165, 1.54) is 18.2 Å². The van der Waals surface area contributed by atoms with Crippen LogP contribution in [0.3, 0.4) is 0 Å². The summed E-state index contributed by atoms with van der Waals surface area (Å²) in [6.45, 7) is 0.155. The minimum atomic E-state index is -3.79. The molecule has 0 radical (unpaired) electrons. The van der Waals surface area contributed by atoms with E-state index in [0.29, 0.717) is 16.5 Å². The van der Waals surface area contributed by atoms with Crippen molar-refractivity contribution in [1.29, 1.82) is 0 Å². The van der Waals surface area contributed by atoms with Crippen molar-refractivity contribution in [1.82, 2.24) is 14.3 Å². The number of hydrogen-bond donors (Lipinski definition) is 2. The highest BCUT2D eigenvalue weighted by atomic mass is 35.5. The number of fused-ring (bicyclic) bond motifs is 1. The van der Waals surface area contributed by atoms with E-state index in [-0.39, 0.29) is 17.0 Å². The highest BCUT2D eigenvalue weighted by molar-refractivity contribution is 7.89. The Hall–Kier alpha value is -3.20. The predicted octanol–water partition coefficient (Wildman–Crippen LogP) is 3.96. The van der Waals surface area contributed by atoms with Crippen LogP contribution in [-0.4, -0.2) is 23.9 Å². The van der Waals surface area contributed by atoms with Crippen molar-refractivity contribution in [2.75, 3.05) is 5.32 Å². The monoisotopic (exact) mass is 454 g/mol. The quantitative estimate of drug-likeness (QED) is 0.461. The molecular formula is C22H19ClN4O3S. The van der Waals surface area contributed by atoms with Crippen molar-refractivity contribution in [2.24, 2.45) is 7.05 Å². The van der Waals surface area contributed by atoms with Crippen molar-refractivity contribution in [3.8, 4) is 0 Å². The molecule has 0 fully saturated rings. The van der Waals surface area contributed by atoms with Crippen molar-refractivity contribution in [2.45, 2.75) is 11.4 Å². The first-order chi connectivity index (χ1) is 14.8. The maximum atomic E-state index is 12.8. The van der Waals surface area contributed by atoms with Gasteiger partial charge in [0.25, 0.3) is 5.91 Å². The molecular weight excluding hydrogens is 436 g/mol. The van der Waals surface area contributed by atoms with E-state index < -0.39 is 15.9 Å². The van der Waals surface area contributed by atoms with Crippen LogP contribution in [0.25, 0.3) is 11.0 Å². The smallest absolute Gasteiger partial charge is 0.258 e. The number of sulfonamides is 1. The van der Waals surface area contributed by atoms with Gasteiger partial charge in [0.05, 0.1) is 15.9 Å². The number of benzene rings is 3. The number of aromatic nitrogens is 2. The molecule has 0 aliphatic rings. The molecule has 0 saturated carbocycles. The van der Waals surface area contributed by atoms with Gasteiger partial charge in [-0.1, -0.05) is 48.0 Å². The first-order valence-electron chi connectivity index (χ1n) is 9.40. The fourth-order valence-electron chi connectivity index (χ4n) is 3.12. The van der Waals surface area contributed by atoms with E-state index >= 15 is 0 Å². The number of nitrogens with one attached hydrogen (secondary N) is 2. The SMILES string of the molecule is Cn1c(NC(=O)c2cccc(S(=O)(=O)NCc3ccccc3)c2)nc2cc(Cl)ccc21. The zero-order valence-corrected chi connectivity index (χ0v) is 18.1. The lowest BCUT2D eigenvalue weighted by Gasteiger charge is -2.09. The molecule has 7 nitrogen and oxygen atoms in total. The van der Waals surface area contributed by atoms with Gasteiger partial charge in [0, 0.05) is 24.2 Å². The molecule has 1 amide bonds. The fraction of sp³-hybridized carbons (Fsp3) is 0.0909. The van der Waals surface area contributed by atoms with Crippen LogP contribution in [0, 0.1) is 0 Å². The van der Waals surface area contributed by atoms with E-state index in [1.54, 1.807) is 29.8 Å². The second kappa shape index (κ2) is 8.50. The number of halogens is 1. The Balaban J connectivity index is 1.53. The number of carbonyl (C=O) groups excluding carboxylic acids is 1. The summed E-state index contributed by atoms with van der Waals surface area (Å²) in [6.07, 6.45) is 0. The van der Waals surface area contributed by atoms with Gasteiger partial charge in [-0.25, -0.2) is 18.1 Å². The van der Waals surface area contributed by atoms with Crippen LogP contribution in [-0.2, 0) is 23.6 Å². The van der Waals surface area contributed by atoms with E-state index in [9.17, 15) is 13.2 Å². The molecule has 1 heterocycles. The van der Waals surface area contributed by atoms with Crippen molar-refractivity contribution in [3.63, 3.8) is 0 Å². The third-order valence-corrected chi connectivity index (χ3v) is 6.42. The molecule has 0 saturated heterocycles. The largest absolute Gasteiger partial charge is 0.313 e. The second-order valence-electron chi connectivity index (χ2n) is 6.92. The number of imidazole rings is 1. The minimum Gasteiger partial charge on any atom is -0.313 e. The van der Waals surface area contributed by atoms with Gasteiger partial charge in [-0.2, -0.15) is 0 Å². The van der Waals surface area contributed by atoms with Crippen molar-refractivity contribution in [3.05, 3.63) is 88.9 Å². The van der Waals surface area contributed by atoms with E-state index in [0.717, 1.165) is 11.1 Å².